The highest BCUT2D eigenvalue weighted by molar-refractivity contribution is 9.10. The Morgan fingerprint density at radius 2 is 1.41 bits per heavy atom. The highest BCUT2D eigenvalue weighted by atomic mass is 79.9. The number of rotatable bonds is 4. The van der Waals surface area contributed by atoms with Crippen LogP contribution in [0.2, 0.25) is 0 Å². The molecular weight excluding hydrogens is 438 g/mol. The van der Waals surface area contributed by atoms with Crippen molar-refractivity contribution in [3.05, 3.63) is 108 Å². The Hall–Kier alpha value is -2.88. The first-order valence-electron chi connectivity index (χ1n) is 9.43. The van der Waals surface area contributed by atoms with Crippen molar-refractivity contribution in [1.29, 1.82) is 0 Å². The van der Waals surface area contributed by atoms with Crippen LogP contribution in [0, 0.1) is 0 Å². The van der Waals surface area contributed by atoms with E-state index in [1.165, 1.54) is 20.2 Å². The fourth-order valence-electron chi connectivity index (χ4n) is 3.68. The van der Waals surface area contributed by atoms with Gasteiger partial charge >= 0.3 is 0 Å². The second-order valence-corrected chi connectivity index (χ2v) is 8.78. The standard InChI is InChI=1S/C26H18BrNS/c1-2-18-12-14-20(15-13-18)28(19-8-4-3-5-9-19)21-16-23-22-10-6-7-11-25(22)29-26(23)24(27)17-21/h2-17H,1H2. The summed E-state index contributed by atoms with van der Waals surface area (Å²) >= 11 is 5.66. The van der Waals surface area contributed by atoms with Gasteiger partial charge in [0.1, 0.15) is 0 Å². The summed E-state index contributed by atoms with van der Waals surface area (Å²) in [6.07, 6.45) is 1.87. The second-order valence-electron chi connectivity index (χ2n) is 6.87. The van der Waals surface area contributed by atoms with Gasteiger partial charge in [-0.05, 0) is 64.0 Å². The van der Waals surface area contributed by atoms with Crippen LogP contribution in [0.5, 0.6) is 0 Å². The van der Waals surface area contributed by atoms with Gasteiger partial charge in [0, 0.05) is 41.7 Å². The summed E-state index contributed by atoms with van der Waals surface area (Å²) in [6, 6.07) is 32.1. The molecular formula is C26H18BrNS. The van der Waals surface area contributed by atoms with Crippen LogP contribution < -0.4 is 4.90 Å². The molecule has 0 spiro atoms. The molecule has 0 atom stereocenters. The molecule has 5 aromatic rings. The Balaban J connectivity index is 1.76. The Labute approximate surface area is 182 Å². The normalized spacial score (nSPS) is 11.1. The van der Waals surface area contributed by atoms with E-state index >= 15 is 0 Å². The van der Waals surface area contributed by atoms with Gasteiger partial charge < -0.3 is 4.90 Å². The predicted octanol–water partition coefficient (Wildman–Crippen LogP) is 8.93. The van der Waals surface area contributed by atoms with Crippen molar-refractivity contribution >= 4 is 70.6 Å². The average Bonchev–Trinajstić information content (AvgIpc) is 3.15. The van der Waals surface area contributed by atoms with Crippen molar-refractivity contribution in [3.63, 3.8) is 0 Å². The first-order valence-corrected chi connectivity index (χ1v) is 11.0. The third-order valence-corrected chi connectivity index (χ3v) is 7.18. The molecule has 1 nitrogen and oxygen atoms in total. The van der Waals surface area contributed by atoms with E-state index in [0.29, 0.717) is 0 Å². The highest BCUT2D eigenvalue weighted by Crippen LogP contribution is 2.43. The number of hydrogen-bond acceptors (Lipinski definition) is 2. The molecule has 0 saturated carbocycles. The van der Waals surface area contributed by atoms with Gasteiger partial charge in [0.2, 0.25) is 0 Å². The molecule has 29 heavy (non-hydrogen) atoms. The fraction of sp³-hybridized carbons (Fsp3) is 0. The molecule has 5 rings (SSSR count). The Kier molecular flexibility index (Phi) is 4.70. The van der Waals surface area contributed by atoms with Gasteiger partial charge in [0.25, 0.3) is 0 Å². The lowest BCUT2D eigenvalue weighted by molar-refractivity contribution is 1.29. The van der Waals surface area contributed by atoms with Crippen molar-refractivity contribution in [3.8, 4) is 0 Å². The van der Waals surface area contributed by atoms with Crippen molar-refractivity contribution in [2.75, 3.05) is 4.90 Å². The average molecular weight is 456 g/mol. The lowest BCUT2D eigenvalue weighted by Crippen LogP contribution is -2.09. The molecule has 0 aliphatic rings. The Morgan fingerprint density at radius 3 is 2.17 bits per heavy atom. The summed E-state index contributed by atoms with van der Waals surface area (Å²) in [6.45, 7) is 3.87. The zero-order valence-electron chi connectivity index (χ0n) is 15.7. The van der Waals surface area contributed by atoms with E-state index in [4.69, 9.17) is 0 Å². The van der Waals surface area contributed by atoms with Crippen LogP contribution in [0.15, 0.2) is 102 Å². The maximum atomic E-state index is 3.87. The monoisotopic (exact) mass is 455 g/mol. The predicted molar refractivity (Wildman–Crippen MR) is 132 cm³/mol. The highest BCUT2D eigenvalue weighted by Gasteiger charge is 2.16. The van der Waals surface area contributed by atoms with Crippen molar-refractivity contribution < 1.29 is 0 Å². The molecule has 0 bridgehead atoms. The van der Waals surface area contributed by atoms with Crippen LogP contribution >= 0.6 is 27.3 Å². The van der Waals surface area contributed by atoms with Crippen LogP contribution in [0.4, 0.5) is 17.1 Å². The summed E-state index contributed by atoms with van der Waals surface area (Å²) < 4.78 is 3.71. The van der Waals surface area contributed by atoms with Gasteiger partial charge in [-0.15, -0.1) is 11.3 Å². The van der Waals surface area contributed by atoms with Gasteiger partial charge in [0.05, 0.1) is 0 Å². The van der Waals surface area contributed by atoms with E-state index in [-0.39, 0.29) is 0 Å². The molecule has 0 fully saturated rings. The molecule has 0 unspecified atom stereocenters. The summed E-state index contributed by atoms with van der Waals surface area (Å²) in [4.78, 5) is 2.30. The first-order chi connectivity index (χ1) is 14.2. The molecule has 0 N–H and O–H groups in total. The van der Waals surface area contributed by atoms with Gasteiger partial charge in [-0.25, -0.2) is 0 Å². The number of benzene rings is 4. The topological polar surface area (TPSA) is 3.24 Å². The summed E-state index contributed by atoms with van der Waals surface area (Å²) in [5, 5.41) is 2.57. The maximum absolute atomic E-state index is 3.87. The Bertz CT molecular complexity index is 1320. The number of thiophene rings is 1. The fourth-order valence-corrected chi connectivity index (χ4v) is 5.46. The SMILES string of the molecule is C=Cc1ccc(N(c2ccccc2)c2cc(Br)c3sc4ccccc4c3c2)cc1. The number of halogens is 1. The largest absolute Gasteiger partial charge is 0.310 e. The molecule has 0 aliphatic carbocycles. The van der Waals surface area contributed by atoms with E-state index < -0.39 is 0 Å². The van der Waals surface area contributed by atoms with E-state index in [9.17, 15) is 0 Å². The molecule has 140 valence electrons. The van der Waals surface area contributed by atoms with Crippen LogP contribution in [-0.2, 0) is 0 Å². The van der Waals surface area contributed by atoms with E-state index in [2.05, 4.69) is 112 Å². The Morgan fingerprint density at radius 1 is 0.724 bits per heavy atom. The summed E-state index contributed by atoms with van der Waals surface area (Å²) in [5.74, 6) is 0. The molecule has 3 heteroatoms. The smallest absolute Gasteiger partial charge is 0.0499 e. The molecule has 1 heterocycles. The second kappa shape index (κ2) is 7.51. The minimum Gasteiger partial charge on any atom is -0.310 e. The van der Waals surface area contributed by atoms with Gasteiger partial charge in [0.15, 0.2) is 0 Å². The van der Waals surface area contributed by atoms with Crippen LogP contribution in [0.3, 0.4) is 0 Å². The molecule has 0 aliphatic heterocycles. The van der Waals surface area contributed by atoms with Crippen molar-refractivity contribution in [2.24, 2.45) is 0 Å². The summed E-state index contributed by atoms with van der Waals surface area (Å²) in [7, 11) is 0. The molecule has 0 amide bonds. The third kappa shape index (κ3) is 3.27. The number of anilines is 3. The number of hydrogen-bond donors (Lipinski definition) is 0. The van der Waals surface area contributed by atoms with Gasteiger partial charge in [-0.2, -0.15) is 0 Å². The van der Waals surface area contributed by atoms with Gasteiger partial charge in [-0.3, -0.25) is 0 Å². The lowest BCUT2D eigenvalue weighted by atomic mass is 10.1. The van der Waals surface area contributed by atoms with Gasteiger partial charge in [-0.1, -0.05) is 61.2 Å². The maximum Gasteiger partial charge on any atom is 0.0499 e. The number of nitrogens with zero attached hydrogens (tertiary/aromatic N) is 1. The van der Waals surface area contributed by atoms with Crippen LogP contribution in [-0.4, -0.2) is 0 Å². The zero-order chi connectivity index (χ0) is 19.8. The first kappa shape index (κ1) is 18.2. The van der Waals surface area contributed by atoms with E-state index in [0.717, 1.165) is 27.1 Å². The minimum absolute atomic E-state index is 1.11. The molecule has 4 aromatic carbocycles. The molecule has 0 saturated heterocycles. The quantitative estimate of drug-likeness (QED) is 0.261. The zero-order valence-corrected chi connectivity index (χ0v) is 18.1. The third-order valence-electron chi connectivity index (χ3n) is 5.08. The van der Waals surface area contributed by atoms with Crippen molar-refractivity contribution in [1.82, 2.24) is 0 Å². The van der Waals surface area contributed by atoms with E-state index in [1.54, 1.807) is 0 Å². The lowest BCUT2D eigenvalue weighted by Gasteiger charge is -2.26. The summed E-state index contributed by atoms with van der Waals surface area (Å²) in [5.41, 5.74) is 4.49. The number of para-hydroxylation sites is 1. The van der Waals surface area contributed by atoms with Crippen LogP contribution in [0.1, 0.15) is 5.56 Å². The van der Waals surface area contributed by atoms with E-state index in [1.807, 2.05) is 23.5 Å². The molecule has 1 aromatic heterocycles. The molecule has 0 radical (unpaired) electrons. The van der Waals surface area contributed by atoms with Crippen LogP contribution in [0.25, 0.3) is 26.2 Å². The number of fused-ring (bicyclic) bond motifs is 3. The van der Waals surface area contributed by atoms with Crippen molar-refractivity contribution in [2.45, 2.75) is 0 Å². The minimum atomic E-state index is 1.11.